The summed E-state index contributed by atoms with van der Waals surface area (Å²) in [6.07, 6.45) is 0. The molecule has 10 rings (SSSR count). The van der Waals surface area contributed by atoms with Gasteiger partial charge < -0.3 is 9.80 Å². The molecule has 0 N–H and O–H groups in total. The van der Waals surface area contributed by atoms with Crippen molar-refractivity contribution < 1.29 is 0 Å². The van der Waals surface area contributed by atoms with Crippen LogP contribution >= 0.6 is 0 Å². The highest BCUT2D eigenvalue weighted by Gasteiger charge is 2.28. The molecule has 0 saturated carbocycles. The average Bonchev–Trinajstić information content (AvgIpc) is 3.20. The van der Waals surface area contributed by atoms with E-state index < -0.39 is 0 Å². The van der Waals surface area contributed by atoms with Crippen molar-refractivity contribution in [3.63, 3.8) is 0 Å². The van der Waals surface area contributed by atoms with Crippen molar-refractivity contribution in [1.29, 1.82) is 0 Å². The fourth-order valence-corrected chi connectivity index (χ4v) is 8.52. The third-order valence-corrected chi connectivity index (χ3v) is 11.2. The molecule has 2 nitrogen and oxygen atoms in total. The highest BCUT2D eigenvalue weighted by Crippen LogP contribution is 2.54. The molecule has 0 amide bonds. The lowest BCUT2D eigenvalue weighted by atomic mass is 9.86. The molecule has 0 atom stereocenters. The van der Waals surface area contributed by atoms with Crippen LogP contribution in [0.1, 0.15) is 22.3 Å². The van der Waals surface area contributed by atoms with Gasteiger partial charge in [0, 0.05) is 28.1 Å². The molecule has 0 fully saturated rings. The first-order chi connectivity index (χ1) is 26.4. The monoisotopic (exact) mass is 692 g/mol. The molecule has 0 heterocycles. The van der Waals surface area contributed by atoms with Crippen LogP contribution in [0.5, 0.6) is 0 Å². The molecule has 2 heteroatoms. The topological polar surface area (TPSA) is 6.48 Å². The van der Waals surface area contributed by atoms with Crippen LogP contribution in [-0.4, -0.2) is 0 Å². The van der Waals surface area contributed by atoms with Gasteiger partial charge in [-0.05, 0) is 137 Å². The van der Waals surface area contributed by atoms with Crippen molar-refractivity contribution in [3.8, 4) is 0 Å². The van der Waals surface area contributed by atoms with Gasteiger partial charge in [0.15, 0.2) is 0 Å². The van der Waals surface area contributed by atoms with Crippen molar-refractivity contribution in [2.24, 2.45) is 0 Å². The Bertz CT molecular complexity index is 2900. The summed E-state index contributed by atoms with van der Waals surface area (Å²) in [4.78, 5) is 4.94. The maximum absolute atomic E-state index is 2.48. The Morgan fingerprint density at radius 2 is 0.741 bits per heavy atom. The maximum atomic E-state index is 2.48. The fraction of sp³-hybridized carbons (Fsp3) is 0.0769. The SMILES string of the molecule is Cc1ccc(N(c2ccc(C)cc2)c2cc3c4cccc5cc6ccccc6c(c6cccc(c2N(c2ccc(C)cc2)c2ccc(C)cc2)c36)c54)cc1. The number of fused-ring (bicyclic) bond motifs is 4. The zero-order valence-electron chi connectivity index (χ0n) is 31.1. The summed E-state index contributed by atoms with van der Waals surface area (Å²) in [7, 11) is 0. The van der Waals surface area contributed by atoms with E-state index in [1.807, 2.05) is 0 Å². The van der Waals surface area contributed by atoms with Crippen molar-refractivity contribution in [2.75, 3.05) is 9.80 Å². The summed E-state index contributed by atoms with van der Waals surface area (Å²) in [5, 5.41) is 12.8. The molecule has 0 spiro atoms. The maximum Gasteiger partial charge on any atom is 0.0782 e. The predicted molar refractivity (Wildman–Crippen MR) is 233 cm³/mol. The van der Waals surface area contributed by atoms with Crippen LogP contribution in [0.2, 0.25) is 0 Å². The molecule has 0 radical (unpaired) electrons. The van der Waals surface area contributed by atoms with Gasteiger partial charge in [-0.2, -0.15) is 0 Å². The minimum Gasteiger partial charge on any atom is -0.308 e. The highest BCUT2D eigenvalue weighted by molar-refractivity contribution is 6.39. The molecule has 10 aromatic rings. The molecule has 0 saturated heterocycles. The minimum atomic E-state index is 1.11. The third-order valence-electron chi connectivity index (χ3n) is 11.2. The lowest BCUT2D eigenvalue weighted by Gasteiger charge is -2.35. The van der Waals surface area contributed by atoms with Crippen molar-refractivity contribution in [1.82, 2.24) is 0 Å². The van der Waals surface area contributed by atoms with E-state index in [1.54, 1.807) is 0 Å². The highest BCUT2D eigenvalue weighted by atomic mass is 15.2. The summed E-state index contributed by atoms with van der Waals surface area (Å²) in [6, 6.07) is 63.4. The van der Waals surface area contributed by atoms with Gasteiger partial charge in [-0.1, -0.05) is 131 Å². The average molecular weight is 693 g/mol. The third kappa shape index (κ3) is 5.09. The van der Waals surface area contributed by atoms with Gasteiger partial charge in [-0.3, -0.25) is 0 Å². The van der Waals surface area contributed by atoms with Gasteiger partial charge in [0.1, 0.15) is 0 Å². The number of nitrogens with zero attached hydrogens (tertiary/aromatic N) is 2. The van der Waals surface area contributed by atoms with Crippen LogP contribution in [0.4, 0.5) is 34.1 Å². The lowest BCUT2D eigenvalue weighted by molar-refractivity contribution is 1.23. The molecular weight excluding hydrogens is 653 g/mol. The van der Waals surface area contributed by atoms with Crippen molar-refractivity contribution in [3.05, 3.63) is 192 Å². The molecular formula is C52H40N2. The first-order valence-electron chi connectivity index (χ1n) is 18.8. The van der Waals surface area contributed by atoms with E-state index in [9.17, 15) is 0 Å². The quantitative estimate of drug-likeness (QED) is 0.126. The second-order valence-corrected chi connectivity index (χ2v) is 14.9. The van der Waals surface area contributed by atoms with E-state index in [1.165, 1.54) is 76.1 Å². The van der Waals surface area contributed by atoms with Crippen LogP contribution in [0.25, 0.3) is 53.9 Å². The molecule has 54 heavy (non-hydrogen) atoms. The number of hydrogen-bond acceptors (Lipinski definition) is 2. The van der Waals surface area contributed by atoms with Crippen molar-refractivity contribution in [2.45, 2.75) is 27.7 Å². The second-order valence-electron chi connectivity index (χ2n) is 14.9. The van der Waals surface area contributed by atoms with E-state index in [-0.39, 0.29) is 0 Å². The summed E-state index contributed by atoms with van der Waals surface area (Å²) < 4.78 is 0. The Labute approximate surface area is 316 Å². The van der Waals surface area contributed by atoms with E-state index in [0.29, 0.717) is 0 Å². The number of rotatable bonds is 6. The van der Waals surface area contributed by atoms with Gasteiger partial charge in [0.05, 0.1) is 11.4 Å². The van der Waals surface area contributed by atoms with Crippen LogP contribution < -0.4 is 9.80 Å². The zero-order chi connectivity index (χ0) is 36.5. The molecule has 0 aromatic heterocycles. The van der Waals surface area contributed by atoms with Gasteiger partial charge in [0.2, 0.25) is 0 Å². The normalized spacial score (nSPS) is 11.7. The standard InChI is InChI=1S/C52H40N2/c1-33-15-23-39(24-16-33)53(40-25-17-34(2)18-26-40)48-32-47-44-12-7-10-38-31-37-9-5-6-11-43(37)51(49(38)44)45-13-8-14-46(50(45)47)52(48)54(41-27-19-35(3)20-28-41)42-29-21-36(4)22-30-42/h5-32H,1-4H3. The van der Waals surface area contributed by atoms with Crippen LogP contribution in [-0.2, 0) is 0 Å². The Balaban J connectivity index is 1.44. The Morgan fingerprint density at radius 3 is 1.31 bits per heavy atom. The Morgan fingerprint density at radius 1 is 0.296 bits per heavy atom. The Kier molecular flexibility index (Phi) is 7.42. The first-order valence-corrected chi connectivity index (χ1v) is 18.8. The van der Waals surface area contributed by atoms with E-state index in [4.69, 9.17) is 0 Å². The first kappa shape index (κ1) is 32.0. The van der Waals surface area contributed by atoms with E-state index in [2.05, 4.69) is 207 Å². The summed E-state index contributed by atoms with van der Waals surface area (Å²) in [5.41, 5.74) is 11.6. The van der Waals surface area contributed by atoms with E-state index >= 15 is 0 Å². The Hall–Kier alpha value is -6.64. The molecule has 0 bridgehead atoms. The van der Waals surface area contributed by atoms with Gasteiger partial charge in [-0.15, -0.1) is 0 Å². The van der Waals surface area contributed by atoms with Crippen molar-refractivity contribution >= 4 is 88.0 Å². The van der Waals surface area contributed by atoms with Crippen LogP contribution in [0, 0.1) is 27.7 Å². The number of anilines is 6. The molecule has 0 aliphatic rings. The summed E-state index contributed by atoms with van der Waals surface area (Å²) in [6.45, 7) is 8.64. The lowest BCUT2D eigenvalue weighted by Crippen LogP contribution is -2.17. The number of benzene rings is 10. The smallest absolute Gasteiger partial charge is 0.0782 e. The fourth-order valence-electron chi connectivity index (χ4n) is 8.52. The van der Waals surface area contributed by atoms with Gasteiger partial charge in [0.25, 0.3) is 0 Å². The minimum absolute atomic E-state index is 1.11. The largest absolute Gasteiger partial charge is 0.308 e. The van der Waals surface area contributed by atoms with Gasteiger partial charge in [-0.25, -0.2) is 0 Å². The predicted octanol–water partition coefficient (Wildman–Crippen LogP) is 15.1. The summed E-state index contributed by atoms with van der Waals surface area (Å²) in [5.74, 6) is 0. The van der Waals surface area contributed by atoms with Gasteiger partial charge >= 0.3 is 0 Å². The second kappa shape index (κ2) is 12.5. The molecule has 10 aromatic carbocycles. The van der Waals surface area contributed by atoms with E-state index in [0.717, 1.165) is 34.1 Å². The zero-order valence-corrected chi connectivity index (χ0v) is 31.1. The molecule has 0 unspecified atom stereocenters. The van der Waals surface area contributed by atoms with Crippen LogP contribution in [0.15, 0.2) is 170 Å². The molecule has 0 aliphatic carbocycles. The number of hydrogen-bond donors (Lipinski definition) is 0. The van der Waals surface area contributed by atoms with Crippen LogP contribution in [0.3, 0.4) is 0 Å². The summed E-state index contributed by atoms with van der Waals surface area (Å²) >= 11 is 0. The molecule has 258 valence electrons. The molecule has 0 aliphatic heterocycles. The number of aryl methyl sites for hydroxylation is 4.